The van der Waals surface area contributed by atoms with Gasteiger partial charge < -0.3 is 29.7 Å². The Kier molecular flexibility index (Phi) is 10.7. The molecule has 4 aromatic rings. The van der Waals surface area contributed by atoms with Crippen LogP contribution in [0.15, 0.2) is 102 Å². The Bertz CT molecular complexity index is 1470. The largest absolute Gasteiger partial charge is 0.506 e. The van der Waals surface area contributed by atoms with E-state index in [4.69, 9.17) is 14.2 Å². The topological polar surface area (TPSA) is 126 Å². The molecule has 42 heavy (non-hydrogen) atoms. The highest BCUT2D eigenvalue weighted by Gasteiger charge is 2.18. The van der Waals surface area contributed by atoms with Crippen LogP contribution in [0, 0.1) is 0 Å². The number of hydrogen-bond donors (Lipinski definition) is 4. The minimum atomic E-state index is -3.89. The van der Waals surface area contributed by atoms with Crippen molar-refractivity contribution in [2.24, 2.45) is 0 Å². The molecule has 4 rings (SSSR count). The minimum absolute atomic E-state index is 0.0212. The number of methoxy groups -OCH3 is 2. The van der Waals surface area contributed by atoms with Crippen LogP contribution in [0.1, 0.15) is 23.5 Å². The second-order valence-electron chi connectivity index (χ2n) is 9.65. The number of phenols is 1. The summed E-state index contributed by atoms with van der Waals surface area (Å²) in [7, 11) is -0.607. The van der Waals surface area contributed by atoms with Crippen LogP contribution in [-0.2, 0) is 10.0 Å². The molecule has 0 unspecified atom stereocenters. The van der Waals surface area contributed by atoms with Crippen LogP contribution in [0.5, 0.6) is 23.0 Å². The zero-order valence-electron chi connectivity index (χ0n) is 23.6. The molecular formula is C32H36N2O7S. The molecule has 0 aliphatic rings. The van der Waals surface area contributed by atoms with Gasteiger partial charge in [0.15, 0.2) is 0 Å². The molecule has 1 atom stereocenters. The Balaban J connectivity index is 1.30. The number of benzene rings is 4. The van der Waals surface area contributed by atoms with E-state index in [9.17, 15) is 18.6 Å². The lowest BCUT2D eigenvalue weighted by Gasteiger charge is -2.20. The number of aliphatic hydroxyl groups is 1. The van der Waals surface area contributed by atoms with Crippen LogP contribution in [0.2, 0.25) is 0 Å². The average molecular weight is 593 g/mol. The molecule has 9 nitrogen and oxygen atoms in total. The molecule has 0 aliphatic heterocycles. The molecule has 0 spiro atoms. The van der Waals surface area contributed by atoms with E-state index in [0.717, 1.165) is 29.0 Å². The second kappa shape index (κ2) is 14.6. The summed E-state index contributed by atoms with van der Waals surface area (Å²) in [5.41, 5.74) is 2.28. The normalized spacial score (nSPS) is 12.1. The van der Waals surface area contributed by atoms with Crippen molar-refractivity contribution in [3.63, 3.8) is 0 Å². The molecule has 0 saturated carbocycles. The molecule has 4 N–H and O–H groups in total. The monoisotopic (exact) mass is 592 g/mol. The SMILES string of the molecule is COc1ccc(C(CCNC[C@H](O)COc2ccc(O)c(NS(=O)(=O)c3ccccc3)c2)c2ccc(OC)cc2)cc1. The smallest absolute Gasteiger partial charge is 0.262 e. The summed E-state index contributed by atoms with van der Waals surface area (Å²) in [5.74, 6) is 1.77. The van der Waals surface area contributed by atoms with Gasteiger partial charge in [-0.15, -0.1) is 0 Å². The zero-order chi connectivity index (χ0) is 30.0. The molecule has 4 aromatic carbocycles. The first-order valence-corrected chi connectivity index (χ1v) is 15.0. The van der Waals surface area contributed by atoms with Gasteiger partial charge >= 0.3 is 0 Å². The number of phenolic OH excluding ortho intramolecular Hbond substituents is 1. The maximum atomic E-state index is 12.6. The van der Waals surface area contributed by atoms with Gasteiger partial charge in [0.1, 0.15) is 35.7 Å². The maximum absolute atomic E-state index is 12.6. The van der Waals surface area contributed by atoms with Gasteiger partial charge in [-0.1, -0.05) is 42.5 Å². The van der Waals surface area contributed by atoms with Crippen molar-refractivity contribution in [1.82, 2.24) is 5.32 Å². The Labute approximate surface area is 246 Å². The highest BCUT2D eigenvalue weighted by atomic mass is 32.2. The molecule has 10 heteroatoms. The molecule has 0 bridgehead atoms. The molecule has 0 radical (unpaired) electrons. The van der Waals surface area contributed by atoms with Crippen molar-refractivity contribution >= 4 is 15.7 Å². The molecule has 0 heterocycles. The molecule has 0 amide bonds. The third-order valence-electron chi connectivity index (χ3n) is 6.73. The van der Waals surface area contributed by atoms with E-state index in [1.54, 1.807) is 32.4 Å². The summed E-state index contributed by atoms with van der Waals surface area (Å²) in [5, 5.41) is 24.0. The third-order valence-corrected chi connectivity index (χ3v) is 8.12. The highest BCUT2D eigenvalue weighted by Crippen LogP contribution is 2.31. The average Bonchev–Trinajstić information content (AvgIpc) is 3.02. The number of ether oxygens (including phenoxy) is 3. The van der Waals surface area contributed by atoms with Gasteiger partial charge in [0, 0.05) is 18.5 Å². The summed E-state index contributed by atoms with van der Waals surface area (Å²) < 4.78 is 44.0. The van der Waals surface area contributed by atoms with Crippen LogP contribution >= 0.6 is 0 Å². The summed E-state index contributed by atoms with van der Waals surface area (Å²) in [6.45, 7) is 0.914. The summed E-state index contributed by atoms with van der Waals surface area (Å²) in [6, 6.07) is 28.1. The first-order valence-electron chi connectivity index (χ1n) is 13.5. The van der Waals surface area contributed by atoms with Gasteiger partial charge in [-0.2, -0.15) is 0 Å². The van der Waals surface area contributed by atoms with E-state index in [0.29, 0.717) is 18.8 Å². The molecule has 0 saturated heterocycles. The lowest BCUT2D eigenvalue weighted by Crippen LogP contribution is -2.32. The van der Waals surface area contributed by atoms with Crippen LogP contribution in [0.4, 0.5) is 5.69 Å². The van der Waals surface area contributed by atoms with Crippen molar-refractivity contribution in [3.05, 3.63) is 108 Å². The first kappa shape index (κ1) is 30.7. The fourth-order valence-electron chi connectivity index (χ4n) is 4.45. The van der Waals surface area contributed by atoms with Crippen molar-refractivity contribution in [2.75, 3.05) is 38.6 Å². The molecule has 222 valence electrons. The van der Waals surface area contributed by atoms with Gasteiger partial charge in [0.05, 0.1) is 24.8 Å². The fraction of sp³-hybridized carbons (Fsp3) is 0.250. The van der Waals surface area contributed by atoms with E-state index in [1.165, 1.54) is 30.3 Å². The van der Waals surface area contributed by atoms with E-state index in [-0.39, 0.29) is 28.9 Å². The number of rotatable bonds is 15. The number of anilines is 1. The predicted octanol–water partition coefficient (Wildman–Crippen LogP) is 4.76. The van der Waals surface area contributed by atoms with Crippen LogP contribution in [-0.4, -0.2) is 58.7 Å². The summed E-state index contributed by atoms with van der Waals surface area (Å²) in [4.78, 5) is 0.0680. The van der Waals surface area contributed by atoms with Gasteiger partial charge in [0.2, 0.25) is 0 Å². The quantitative estimate of drug-likeness (QED) is 0.115. The van der Waals surface area contributed by atoms with Crippen molar-refractivity contribution in [3.8, 4) is 23.0 Å². The van der Waals surface area contributed by atoms with E-state index in [2.05, 4.69) is 34.3 Å². The number of sulfonamides is 1. The zero-order valence-corrected chi connectivity index (χ0v) is 24.4. The summed E-state index contributed by atoms with van der Waals surface area (Å²) >= 11 is 0. The molecule has 0 fully saturated rings. The fourth-order valence-corrected chi connectivity index (χ4v) is 5.54. The van der Waals surface area contributed by atoms with Gasteiger partial charge in [-0.05, 0) is 72.6 Å². The standard InChI is InChI=1S/C32H36N2O7S/c1-39-26-12-8-23(9-13-26)30(24-10-14-27(40-2)15-11-24)18-19-33-21-25(35)22-41-28-16-17-32(36)31(20-28)34-42(37,38)29-6-4-3-5-7-29/h3-17,20,25,30,33-36H,18-19,21-22H2,1-2H3/t25-/m0/s1. The Morgan fingerprint density at radius 3 is 1.93 bits per heavy atom. The lowest BCUT2D eigenvalue weighted by atomic mass is 9.88. The van der Waals surface area contributed by atoms with Crippen molar-refractivity contribution in [1.29, 1.82) is 0 Å². The van der Waals surface area contributed by atoms with E-state index >= 15 is 0 Å². The second-order valence-corrected chi connectivity index (χ2v) is 11.3. The van der Waals surface area contributed by atoms with Gasteiger partial charge in [0.25, 0.3) is 10.0 Å². The van der Waals surface area contributed by atoms with Gasteiger partial charge in [-0.3, -0.25) is 4.72 Å². The molecule has 0 aromatic heterocycles. The van der Waals surface area contributed by atoms with E-state index < -0.39 is 16.1 Å². The molecular weight excluding hydrogens is 556 g/mol. The van der Waals surface area contributed by atoms with Crippen LogP contribution in [0.3, 0.4) is 0 Å². The lowest BCUT2D eigenvalue weighted by molar-refractivity contribution is 0.106. The Morgan fingerprint density at radius 1 is 0.786 bits per heavy atom. The Morgan fingerprint density at radius 2 is 1.36 bits per heavy atom. The van der Waals surface area contributed by atoms with Gasteiger partial charge in [-0.25, -0.2) is 8.42 Å². The van der Waals surface area contributed by atoms with Crippen molar-refractivity contribution in [2.45, 2.75) is 23.3 Å². The highest BCUT2D eigenvalue weighted by molar-refractivity contribution is 7.92. The van der Waals surface area contributed by atoms with E-state index in [1.807, 2.05) is 24.3 Å². The maximum Gasteiger partial charge on any atom is 0.262 e. The summed E-state index contributed by atoms with van der Waals surface area (Å²) in [6.07, 6.45) is -0.0292. The Hall–Kier alpha value is -4.25. The number of aromatic hydroxyl groups is 1. The van der Waals surface area contributed by atoms with Crippen LogP contribution in [0.25, 0.3) is 0 Å². The third kappa shape index (κ3) is 8.39. The number of hydrogen-bond acceptors (Lipinski definition) is 8. The first-order chi connectivity index (χ1) is 20.3. The molecule has 0 aliphatic carbocycles. The predicted molar refractivity (Wildman–Crippen MR) is 162 cm³/mol. The van der Waals surface area contributed by atoms with Crippen LogP contribution < -0.4 is 24.2 Å². The number of aliphatic hydroxyl groups excluding tert-OH is 1. The number of nitrogens with one attached hydrogen (secondary N) is 2. The van der Waals surface area contributed by atoms with Crippen molar-refractivity contribution < 1.29 is 32.8 Å². The minimum Gasteiger partial charge on any atom is -0.506 e.